The first kappa shape index (κ1) is 10.1. The van der Waals surface area contributed by atoms with Crippen molar-refractivity contribution in [2.45, 2.75) is 18.8 Å². The minimum Gasteiger partial charge on any atom is -0.322 e. The molecule has 1 N–H and O–H groups in total. The molecule has 16 heavy (non-hydrogen) atoms. The van der Waals surface area contributed by atoms with Gasteiger partial charge in [-0.2, -0.15) is 0 Å². The van der Waals surface area contributed by atoms with Gasteiger partial charge in [-0.25, -0.2) is 4.98 Å². The van der Waals surface area contributed by atoms with Crippen LogP contribution >= 0.6 is 24.2 Å². The van der Waals surface area contributed by atoms with Crippen molar-refractivity contribution < 1.29 is 0 Å². The average molecular weight is 249 g/mol. The molecule has 2 aromatic heterocycles. The quantitative estimate of drug-likeness (QED) is 0.819. The number of nitrogens with zero attached hydrogens (tertiary/aromatic N) is 2. The van der Waals surface area contributed by atoms with Gasteiger partial charge in [0.25, 0.3) is 0 Å². The van der Waals surface area contributed by atoms with Gasteiger partial charge in [0.1, 0.15) is 10.0 Å². The van der Waals surface area contributed by atoms with Gasteiger partial charge in [-0.1, -0.05) is 24.2 Å². The lowest BCUT2D eigenvalue weighted by Gasteiger charge is -1.95. The van der Waals surface area contributed by atoms with E-state index >= 15 is 0 Å². The van der Waals surface area contributed by atoms with Crippen LogP contribution in [-0.2, 0) is 0 Å². The summed E-state index contributed by atoms with van der Waals surface area (Å²) < 4.78 is 2.94. The Morgan fingerprint density at radius 1 is 1.44 bits per heavy atom. The molecule has 0 saturated heterocycles. The lowest BCUT2D eigenvalue weighted by molar-refractivity contribution is 1.06. The first-order chi connectivity index (χ1) is 7.88. The molecule has 0 unspecified atom stereocenters. The fourth-order valence-electron chi connectivity index (χ4n) is 1.66. The molecular formula is C11H11N3S2. The number of thiazole rings is 1. The molecule has 0 atom stereocenters. The van der Waals surface area contributed by atoms with Crippen LogP contribution in [0, 0.1) is 0 Å². The lowest BCUT2D eigenvalue weighted by Crippen LogP contribution is -1.85. The van der Waals surface area contributed by atoms with Crippen molar-refractivity contribution in [1.29, 1.82) is 0 Å². The molecule has 3 rings (SSSR count). The van der Waals surface area contributed by atoms with E-state index in [2.05, 4.69) is 27.5 Å². The predicted molar refractivity (Wildman–Crippen MR) is 69.9 cm³/mol. The minimum absolute atomic E-state index is 0.635. The zero-order chi connectivity index (χ0) is 11.0. The molecule has 1 aliphatic carbocycles. The van der Waals surface area contributed by atoms with Crippen LogP contribution < -0.4 is 4.72 Å². The van der Waals surface area contributed by atoms with Gasteiger partial charge in [0.05, 0.1) is 5.69 Å². The number of hydrogen-bond donors (Lipinski definition) is 2. The molecule has 2 aromatic rings. The first-order valence-electron chi connectivity index (χ1n) is 5.19. The minimum atomic E-state index is 0.635. The SMILES string of the molecule is SNc1sc(-c2cccnc2)nc1C1CC1. The average Bonchev–Trinajstić information content (AvgIpc) is 3.10. The first-order valence-corrected chi connectivity index (χ1v) is 6.46. The number of thiol groups is 1. The van der Waals surface area contributed by atoms with Crippen LogP contribution in [0.1, 0.15) is 24.5 Å². The fraction of sp³-hybridized carbons (Fsp3) is 0.273. The molecule has 0 aromatic carbocycles. The summed E-state index contributed by atoms with van der Waals surface area (Å²) >= 11 is 5.78. The molecule has 82 valence electrons. The van der Waals surface area contributed by atoms with E-state index in [1.54, 1.807) is 17.5 Å². The number of anilines is 1. The molecular weight excluding hydrogens is 238 g/mol. The van der Waals surface area contributed by atoms with Crippen LogP contribution in [0.5, 0.6) is 0 Å². The van der Waals surface area contributed by atoms with Gasteiger partial charge in [0.15, 0.2) is 0 Å². The highest BCUT2D eigenvalue weighted by Crippen LogP contribution is 2.46. The Bertz CT molecular complexity index is 491. The highest BCUT2D eigenvalue weighted by atomic mass is 32.1. The second-order valence-electron chi connectivity index (χ2n) is 3.86. The Hall–Kier alpha value is -1.07. The Balaban J connectivity index is 2.02. The summed E-state index contributed by atoms with van der Waals surface area (Å²) in [6, 6.07) is 3.96. The summed E-state index contributed by atoms with van der Waals surface area (Å²) in [7, 11) is 0. The maximum absolute atomic E-state index is 4.68. The molecule has 1 fully saturated rings. The summed E-state index contributed by atoms with van der Waals surface area (Å²) in [6.07, 6.45) is 6.12. The normalized spacial score (nSPS) is 15.1. The predicted octanol–water partition coefficient (Wildman–Crippen LogP) is 3.34. The van der Waals surface area contributed by atoms with Gasteiger partial charge < -0.3 is 4.72 Å². The van der Waals surface area contributed by atoms with E-state index in [4.69, 9.17) is 0 Å². The molecule has 0 spiro atoms. The van der Waals surface area contributed by atoms with E-state index in [0.717, 1.165) is 15.6 Å². The number of pyridine rings is 1. The molecule has 0 bridgehead atoms. The smallest absolute Gasteiger partial charge is 0.127 e. The van der Waals surface area contributed by atoms with Gasteiger partial charge in [-0.05, 0) is 25.0 Å². The van der Waals surface area contributed by atoms with Crippen LogP contribution in [0.3, 0.4) is 0 Å². The molecule has 1 saturated carbocycles. The topological polar surface area (TPSA) is 37.8 Å². The fourth-order valence-corrected chi connectivity index (χ4v) is 2.85. The van der Waals surface area contributed by atoms with Gasteiger partial charge in [0.2, 0.25) is 0 Å². The zero-order valence-electron chi connectivity index (χ0n) is 8.55. The third-order valence-electron chi connectivity index (χ3n) is 2.63. The van der Waals surface area contributed by atoms with Gasteiger partial charge in [-0.15, -0.1) is 0 Å². The van der Waals surface area contributed by atoms with Crippen LogP contribution in [-0.4, -0.2) is 9.97 Å². The second-order valence-corrected chi connectivity index (χ2v) is 5.08. The Morgan fingerprint density at radius 3 is 2.94 bits per heavy atom. The number of nitrogens with one attached hydrogen (secondary N) is 1. The largest absolute Gasteiger partial charge is 0.322 e. The monoisotopic (exact) mass is 249 g/mol. The van der Waals surface area contributed by atoms with Gasteiger partial charge in [-0.3, -0.25) is 4.98 Å². The lowest BCUT2D eigenvalue weighted by atomic mass is 10.3. The Kier molecular flexibility index (Phi) is 2.57. The number of hydrogen-bond acceptors (Lipinski definition) is 5. The third-order valence-corrected chi connectivity index (χ3v) is 4.04. The maximum atomic E-state index is 4.68. The standard InChI is InChI=1S/C11H11N3S2/c15-14-11-9(7-3-4-7)13-10(16-11)8-2-1-5-12-6-8/h1-2,5-7,14-15H,3-4H2. The van der Waals surface area contributed by atoms with Crippen LogP contribution in [0.2, 0.25) is 0 Å². The van der Waals surface area contributed by atoms with E-state index in [-0.39, 0.29) is 0 Å². The van der Waals surface area contributed by atoms with Crippen molar-refractivity contribution in [2.24, 2.45) is 0 Å². The van der Waals surface area contributed by atoms with Crippen molar-refractivity contribution in [2.75, 3.05) is 4.72 Å². The highest BCUT2D eigenvalue weighted by molar-refractivity contribution is 7.82. The molecule has 3 nitrogen and oxygen atoms in total. The van der Waals surface area contributed by atoms with Crippen LogP contribution in [0.4, 0.5) is 5.00 Å². The number of aromatic nitrogens is 2. The third kappa shape index (κ3) is 1.81. The molecule has 1 aliphatic rings. The summed E-state index contributed by atoms with van der Waals surface area (Å²) in [4.78, 5) is 8.79. The van der Waals surface area contributed by atoms with Crippen molar-refractivity contribution in [3.8, 4) is 10.6 Å². The van der Waals surface area contributed by atoms with E-state index in [1.807, 2.05) is 18.3 Å². The van der Waals surface area contributed by atoms with Crippen molar-refractivity contribution in [1.82, 2.24) is 9.97 Å². The van der Waals surface area contributed by atoms with Crippen LogP contribution in [0.15, 0.2) is 24.5 Å². The van der Waals surface area contributed by atoms with Gasteiger partial charge >= 0.3 is 0 Å². The molecule has 5 heteroatoms. The van der Waals surface area contributed by atoms with E-state index in [0.29, 0.717) is 5.92 Å². The van der Waals surface area contributed by atoms with E-state index in [1.165, 1.54) is 18.5 Å². The maximum Gasteiger partial charge on any atom is 0.127 e. The summed E-state index contributed by atoms with van der Waals surface area (Å²) in [5.41, 5.74) is 2.24. The van der Waals surface area contributed by atoms with Crippen molar-refractivity contribution in [3.63, 3.8) is 0 Å². The molecule has 2 heterocycles. The highest BCUT2D eigenvalue weighted by Gasteiger charge is 2.29. The zero-order valence-corrected chi connectivity index (χ0v) is 10.3. The van der Waals surface area contributed by atoms with E-state index < -0.39 is 0 Å². The van der Waals surface area contributed by atoms with Crippen molar-refractivity contribution >= 4 is 29.2 Å². The summed E-state index contributed by atoms with van der Waals surface area (Å²) in [5, 5.41) is 2.09. The number of rotatable bonds is 3. The van der Waals surface area contributed by atoms with Crippen LogP contribution in [0.25, 0.3) is 10.6 Å². The summed E-state index contributed by atoms with van der Waals surface area (Å²) in [5.74, 6) is 0.635. The molecule has 0 radical (unpaired) electrons. The molecule has 0 aliphatic heterocycles. The summed E-state index contributed by atoms with van der Waals surface area (Å²) in [6.45, 7) is 0. The Labute approximate surface area is 103 Å². The molecule has 0 amide bonds. The Morgan fingerprint density at radius 2 is 2.31 bits per heavy atom. The van der Waals surface area contributed by atoms with E-state index in [9.17, 15) is 0 Å². The van der Waals surface area contributed by atoms with Gasteiger partial charge in [0, 0.05) is 23.9 Å². The second kappa shape index (κ2) is 4.07. The van der Waals surface area contributed by atoms with Crippen molar-refractivity contribution in [3.05, 3.63) is 30.2 Å².